The number of hydrogen-bond acceptors (Lipinski definition) is 5. The minimum absolute atomic E-state index is 0.00852. The number of nitrogens with two attached hydrogens (primary N) is 1. The summed E-state index contributed by atoms with van der Waals surface area (Å²) in [5.74, 6) is -3.18. The lowest BCUT2D eigenvalue weighted by atomic mass is 10.2. The van der Waals surface area contributed by atoms with Gasteiger partial charge in [0.1, 0.15) is 10.4 Å². The number of amides is 1. The molecule has 0 bridgehead atoms. The number of anilines is 1. The molecule has 8 nitrogen and oxygen atoms in total. The first kappa shape index (κ1) is 20.5. The van der Waals surface area contributed by atoms with Crippen LogP contribution >= 0.6 is 11.6 Å². The predicted octanol–water partition coefficient (Wildman–Crippen LogP) is 1.36. The van der Waals surface area contributed by atoms with E-state index in [4.69, 9.17) is 17.3 Å². The molecule has 0 radical (unpaired) electrons. The normalized spacial score (nSPS) is 16.6. The zero-order valence-corrected chi connectivity index (χ0v) is 16.1. The van der Waals surface area contributed by atoms with Crippen LogP contribution in [0.15, 0.2) is 29.3 Å². The molecule has 1 aromatic heterocycles. The first-order chi connectivity index (χ1) is 12.9. The first-order valence-corrected chi connectivity index (χ1v) is 9.90. The summed E-state index contributed by atoms with van der Waals surface area (Å²) in [5.41, 5.74) is 4.06. The van der Waals surface area contributed by atoms with Crippen LogP contribution in [0.25, 0.3) is 0 Å². The number of benzene rings is 1. The summed E-state index contributed by atoms with van der Waals surface area (Å²) in [7, 11) is -2.58. The highest BCUT2D eigenvalue weighted by atomic mass is 35.5. The summed E-state index contributed by atoms with van der Waals surface area (Å²) in [6, 6.07) is 3.06. The Kier molecular flexibility index (Phi) is 5.13. The number of halogens is 3. The maximum absolute atomic E-state index is 13.4. The second-order valence-corrected chi connectivity index (χ2v) is 8.65. The van der Waals surface area contributed by atoms with E-state index < -0.39 is 44.4 Å². The van der Waals surface area contributed by atoms with E-state index in [1.54, 1.807) is 0 Å². The average Bonchev–Trinajstić information content (AvgIpc) is 3.24. The number of nitrogens with one attached hydrogen (secondary N) is 2. The Morgan fingerprint density at radius 2 is 2.00 bits per heavy atom. The van der Waals surface area contributed by atoms with Gasteiger partial charge in [-0.05, 0) is 25.0 Å². The zero-order valence-electron chi connectivity index (χ0n) is 14.5. The highest BCUT2D eigenvalue weighted by Crippen LogP contribution is 2.37. The van der Waals surface area contributed by atoms with E-state index in [-0.39, 0.29) is 16.3 Å². The van der Waals surface area contributed by atoms with Crippen LogP contribution in [0, 0.1) is 11.6 Å². The summed E-state index contributed by atoms with van der Waals surface area (Å²) >= 11 is 5.57. The number of aliphatic hydroxyl groups is 1. The molecule has 1 atom stereocenters. The van der Waals surface area contributed by atoms with Gasteiger partial charge in [-0.2, -0.15) is 4.72 Å². The van der Waals surface area contributed by atoms with E-state index in [2.05, 4.69) is 10.0 Å². The lowest BCUT2D eigenvalue weighted by molar-refractivity contribution is -0.120. The van der Waals surface area contributed by atoms with Crippen LogP contribution in [0.2, 0.25) is 5.02 Å². The van der Waals surface area contributed by atoms with Crippen LogP contribution in [0.1, 0.15) is 24.8 Å². The lowest BCUT2D eigenvalue weighted by Gasteiger charge is -2.15. The van der Waals surface area contributed by atoms with E-state index in [1.165, 1.54) is 23.9 Å². The number of primary amides is 1. The quantitative estimate of drug-likeness (QED) is 0.386. The summed E-state index contributed by atoms with van der Waals surface area (Å²) in [6.45, 7) is 0. The minimum atomic E-state index is -4.07. The van der Waals surface area contributed by atoms with Crippen LogP contribution in [-0.2, 0) is 21.9 Å². The van der Waals surface area contributed by atoms with E-state index in [1.807, 2.05) is 0 Å². The van der Waals surface area contributed by atoms with Gasteiger partial charge in [-0.3, -0.25) is 4.79 Å². The molecule has 1 aliphatic rings. The fraction of sp³-hybridized carbons (Fsp3) is 0.312. The number of aromatic nitrogens is 1. The van der Waals surface area contributed by atoms with E-state index in [0.717, 1.165) is 12.1 Å². The first-order valence-electron chi connectivity index (χ1n) is 8.04. The van der Waals surface area contributed by atoms with Crippen LogP contribution in [0.5, 0.6) is 0 Å². The summed E-state index contributed by atoms with van der Waals surface area (Å²) in [5, 5.41) is 12.4. The summed E-state index contributed by atoms with van der Waals surface area (Å²) in [4.78, 5) is 11.2. The van der Waals surface area contributed by atoms with Crippen molar-refractivity contribution in [1.82, 2.24) is 9.29 Å². The molecule has 1 aliphatic carbocycles. The van der Waals surface area contributed by atoms with Crippen molar-refractivity contribution in [3.8, 4) is 0 Å². The number of sulfonamides is 1. The average molecular weight is 435 g/mol. The Morgan fingerprint density at radius 1 is 1.36 bits per heavy atom. The fourth-order valence-electron chi connectivity index (χ4n) is 2.68. The molecular formula is C16H17ClF2N4O4S. The molecule has 5 N–H and O–H groups in total. The SMILES string of the molecule is Cn1cc(S(=O)(=O)NC2(C(N)=O)CC2)cc1C(O)Nc1cc(F)c(F)c(Cl)c1. The summed E-state index contributed by atoms with van der Waals surface area (Å²) in [6.07, 6.45) is 0.392. The highest BCUT2D eigenvalue weighted by molar-refractivity contribution is 7.89. The van der Waals surface area contributed by atoms with E-state index >= 15 is 0 Å². The third kappa shape index (κ3) is 3.83. The molecule has 1 unspecified atom stereocenters. The van der Waals surface area contributed by atoms with Crippen molar-refractivity contribution in [2.24, 2.45) is 12.8 Å². The highest BCUT2D eigenvalue weighted by Gasteiger charge is 2.51. The molecule has 0 spiro atoms. The molecule has 0 saturated heterocycles. The topological polar surface area (TPSA) is 126 Å². The van der Waals surface area contributed by atoms with Crippen LogP contribution in [0.3, 0.4) is 0 Å². The Balaban J connectivity index is 1.83. The Labute approximate surface area is 164 Å². The van der Waals surface area contributed by atoms with Crippen molar-refractivity contribution >= 4 is 33.2 Å². The number of rotatable bonds is 7. The number of nitrogens with zero attached hydrogens (tertiary/aromatic N) is 1. The van der Waals surface area contributed by atoms with E-state index in [0.29, 0.717) is 12.8 Å². The Bertz CT molecular complexity index is 1030. The van der Waals surface area contributed by atoms with Crippen LogP contribution in [0.4, 0.5) is 14.5 Å². The van der Waals surface area contributed by atoms with Gasteiger partial charge in [-0.15, -0.1) is 0 Å². The smallest absolute Gasteiger partial charge is 0.243 e. The molecule has 1 fully saturated rings. The van der Waals surface area contributed by atoms with Gasteiger partial charge in [0, 0.05) is 25.0 Å². The predicted molar refractivity (Wildman–Crippen MR) is 96.8 cm³/mol. The van der Waals surface area contributed by atoms with Gasteiger partial charge in [0.25, 0.3) is 0 Å². The van der Waals surface area contributed by atoms with Crippen molar-refractivity contribution < 1.29 is 27.1 Å². The van der Waals surface area contributed by atoms with Gasteiger partial charge in [-0.25, -0.2) is 17.2 Å². The number of aliphatic hydroxyl groups excluding tert-OH is 1. The van der Waals surface area contributed by atoms with Crippen molar-refractivity contribution in [2.45, 2.75) is 29.5 Å². The molecule has 0 aliphatic heterocycles. The standard InChI is InChI=1S/C16H17ClF2N4O4S/c1-23-7-9(28(26,27)22-16(2-3-16)15(20)25)6-12(23)14(24)21-8-4-10(17)13(19)11(18)5-8/h4-7,14,21-22,24H,2-3H2,1H3,(H2,20,25). The van der Waals surface area contributed by atoms with Crippen molar-refractivity contribution in [3.63, 3.8) is 0 Å². The van der Waals surface area contributed by atoms with Crippen LogP contribution in [-0.4, -0.2) is 29.5 Å². The van der Waals surface area contributed by atoms with E-state index in [9.17, 15) is 27.1 Å². The Hall–Kier alpha value is -2.21. The van der Waals surface area contributed by atoms with Gasteiger partial charge in [0.2, 0.25) is 15.9 Å². The van der Waals surface area contributed by atoms with Crippen molar-refractivity contribution in [2.75, 3.05) is 5.32 Å². The molecule has 152 valence electrons. The number of carbonyl (C=O) groups excluding carboxylic acids is 1. The zero-order chi connectivity index (χ0) is 20.9. The van der Waals surface area contributed by atoms with Gasteiger partial charge in [-0.1, -0.05) is 11.6 Å². The second kappa shape index (κ2) is 6.99. The van der Waals surface area contributed by atoms with Gasteiger partial charge >= 0.3 is 0 Å². The molecular weight excluding hydrogens is 418 g/mol. The molecule has 2 aromatic rings. The third-order valence-electron chi connectivity index (χ3n) is 4.45. The molecule has 3 rings (SSSR count). The second-order valence-electron chi connectivity index (χ2n) is 6.56. The number of aryl methyl sites for hydroxylation is 1. The minimum Gasteiger partial charge on any atom is -0.368 e. The maximum atomic E-state index is 13.4. The lowest BCUT2D eigenvalue weighted by Crippen LogP contribution is -2.46. The number of hydrogen-bond donors (Lipinski definition) is 4. The Morgan fingerprint density at radius 3 is 2.54 bits per heavy atom. The molecule has 1 saturated carbocycles. The largest absolute Gasteiger partial charge is 0.368 e. The van der Waals surface area contributed by atoms with Gasteiger partial charge < -0.3 is 20.7 Å². The molecule has 1 amide bonds. The maximum Gasteiger partial charge on any atom is 0.243 e. The fourth-order valence-corrected chi connectivity index (χ4v) is 4.40. The molecule has 1 heterocycles. The summed E-state index contributed by atoms with van der Waals surface area (Å²) < 4.78 is 55.4. The number of carbonyl (C=O) groups is 1. The van der Waals surface area contributed by atoms with Crippen molar-refractivity contribution in [1.29, 1.82) is 0 Å². The molecule has 28 heavy (non-hydrogen) atoms. The monoisotopic (exact) mass is 434 g/mol. The van der Waals surface area contributed by atoms with Crippen LogP contribution < -0.4 is 15.8 Å². The molecule has 12 heteroatoms. The molecule has 1 aromatic carbocycles. The third-order valence-corrected chi connectivity index (χ3v) is 6.23. The van der Waals surface area contributed by atoms with Gasteiger partial charge in [0.15, 0.2) is 17.9 Å². The van der Waals surface area contributed by atoms with Crippen molar-refractivity contribution in [3.05, 3.63) is 46.7 Å². The van der Waals surface area contributed by atoms with Gasteiger partial charge in [0.05, 0.1) is 10.7 Å².